The van der Waals surface area contributed by atoms with Gasteiger partial charge >= 0.3 is 0 Å². The zero-order valence-electron chi connectivity index (χ0n) is 19.3. The summed E-state index contributed by atoms with van der Waals surface area (Å²) in [6.45, 7) is 3.73. The molecular weight excluding hydrogens is 464 g/mol. The number of benzene rings is 1. The number of carbonyl (C=O) groups excluding carboxylic acids is 2. The van der Waals surface area contributed by atoms with Gasteiger partial charge in [0.25, 0.3) is 5.91 Å². The van der Waals surface area contributed by atoms with Gasteiger partial charge in [-0.25, -0.2) is 0 Å². The molecule has 1 aliphatic heterocycles. The van der Waals surface area contributed by atoms with E-state index in [9.17, 15) is 14.7 Å². The van der Waals surface area contributed by atoms with Crippen molar-refractivity contribution < 1.29 is 29.3 Å². The van der Waals surface area contributed by atoms with Crippen LogP contribution in [0.3, 0.4) is 0 Å². The lowest BCUT2D eigenvalue weighted by atomic mass is 10.0. The van der Waals surface area contributed by atoms with Gasteiger partial charge in [-0.2, -0.15) is 5.10 Å². The Balaban J connectivity index is 1.70. The number of methoxy groups -OCH3 is 1. The van der Waals surface area contributed by atoms with E-state index in [4.69, 9.17) is 26.2 Å². The lowest BCUT2D eigenvalue weighted by Crippen LogP contribution is -2.46. The molecule has 3 rings (SSSR count). The van der Waals surface area contributed by atoms with Gasteiger partial charge in [-0.3, -0.25) is 14.3 Å². The Morgan fingerprint density at radius 3 is 2.71 bits per heavy atom. The Labute approximate surface area is 202 Å². The molecular formula is C23H29ClN4O6. The van der Waals surface area contributed by atoms with Crippen LogP contribution < -0.4 is 14.8 Å². The van der Waals surface area contributed by atoms with Crippen molar-refractivity contribution in [2.24, 2.45) is 5.92 Å². The first-order valence-corrected chi connectivity index (χ1v) is 11.2. The second kappa shape index (κ2) is 11.4. The first kappa shape index (κ1) is 25.5. The van der Waals surface area contributed by atoms with Crippen LogP contribution in [0.2, 0.25) is 5.02 Å². The van der Waals surface area contributed by atoms with Crippen molar-refractivity contribution in [1.82, 2.24) is 14.7 Å². The van der Waals surface area contributed by atoms with Gasteiger partial charge in [0.05, 0.1) is 32.9 Å². The minimum Gasteiger partial charge on any atom is -0.495 e. The Bertz CT molecular complexity index is 1050. The van der Waals surface area contributed by atoms with E-state index in [2.05, 4.69) is 10.4 Å². The Hall–Kier alpha value is -3.08. The fourth-order valence-electron chi connectivity index (χ4n) is 3.54. The summed E-state index contributed by atoms with van der Waals surface area (Å²) in [5.41, 5.74) is 0. The number of halogens is 1. The summed E-state index contributed by atoms with van der Waals surface area (Å²) in [6, 6.07) is 5.92. The van der Waals surface area contributed by atoms with Crippen molar-refractivity contribution in [3.8, 4) is 11.5 Å². The third-order valence-electron chi connectivity index (χ3n) is 5.16. The number of hydrogen-bond acceptors (Lipinski definition) is 7. The van der Waals surface area contributed by atoms with Crippen LogP contribution in [0.5, 0.6) is 11.5 Å². The van der Waals surface area contributed by atoms with Crippen LogP contribution in [0.25, 0.3) is 0 Å². The van der Waals surface area contributed by atoms with Crippen molar-refractivity contribution in [3.05, 3.63) is 47.3 Å². The maximum absolute atomic E-state index is 13.1. The normalized spacial score (nSPS) is 15.3. The molecule has 0 fully saturated rings. The van der Waals surface area contributed by atoms with E-state index in [0.29, 0.717) is 23.7 Å². The van der Waals surface area contributed by atoms with Crippen LogP contribution in [-0.4, -0.2) is 69.1 Å². The van der Waals surface area contributed by atoms with Crippen LogP contribution in [0, 0.1) is 5.92 Å². The highest BCUT2D eigenvalue weighted by molar-refractivity contribution is 6.33. The molecule has 0 unspecified atom stereocenters. The number of aliphatic hydroxyl groups excluding tert-OH is 2. The molecule has 2 aromatic rings. The molecule has 0 bridgehead atoms. The van der Waals surface area contributed by atoms with Crippen LogP contribution in [0.4, 0.5) is 5.82 Å². The fraction of sp³-hybridized carbons (Fsp3) is 0.435. The highest BCUT2D eigenvalue weighted by atomic mass is 35.5. The van der Waals surface area contributed by atoms with Gasteiger partial charge in [0.2, 0.25) is 5.91 Å². The number of amides is 2. The monoisotopic (exact) mass is 492 g/mol. The van der Waals surface area contributed by atoms with Gasteiger partial charge in [0, 0.05) is 18.3 Å². The maximum atomic E-state index is 13.1. The lowest BCUT2D eigenvalue weighted by Gasteiger charge is -2.28. The zero-order chi connectivity index (χ0) is 24.8. The molecule has 0 radical (unpaired) electrons. The summed E-state index contributed by atoms with van der Waals surface area (Å²) in [7, 11) is 1.50. The molecule has 0 saturated heterocycles. The quantitative estimate of drug-likeness (QED) is 0.438. The van der Waals surface area contributed by atoms with E-state index in [1.807, 2.05) is 13.8 Å². The average molecular weight is 493 g/mol. The summed E-state index contributed by atoms with van der Waals surface area (Å²) < 4.78 is 12.5. The van der Waals surface area contributed by atoms with Gasteiger partial charge in [-0.1, -0.05) is 31.5 Å². The number of hydrogen-bond donors (Lipinski definition) is 3. The highest BCUT2D eigenvalue weighted by Gasteiger charge is 2.35. The highest BCUT2D eigenvalue weighted by Crippen LogP contribution is 2.35. The molecule has 1 aliphatic rings. The van der Waals surface area contributed by atoms with E-state index in [1.54, 1.807) is 30.5 Å². The maximum Gasteiger partial charge on any atom is 0.251 e. The number of aromatic nitrogens is 2. The van der Waals surface area contributed by atoms with Gasteiger partial charge in [-0.05, 0) is 24.5 Å². The zero-order valence-corrected chi connectivity index (χ0v) is 20.0. The lowest BCUT2D eigenvalue weighted by molar-refractivity contribution is -0.133. The summed E-state index contributed by atoms with van der Waals surface area (Å²) in [5, 5.41) is 25.8. The van der Waals surface area contributed by atoms with Crippen LogP contribution >= 0.6 is 11.6 Å². The van der Waals surface area contributed by atoms with E-state index in [0.717, 1.165) is 0 Å². The molecule has 184 valence electrons. The Morgan fingerprint density at radius 2 is 2.03 bits per heavy atom. The summed E-state index contributed by atoms with van der Waals surface area (Å²) in [6.07, 6.45) is 2.41. The fourth-order valence-corrected chi connectivity index (χ4v) is 3.78. The number of aliphatic hydroxyl groups is 2. The van der Waals surface area contributed by atoms with Crippen LogP contribution in [0.1, 0.15) is 20.3 Å². The molecule has 2 atom stereocenters. The van der Waals surface area contributed by atoms with Crippen molar-refractivity contribution in [3.63, 3.8) is 0 Å². The molecule has 3 N–H and O–H groups in total. The summed E-state index contributed by atoms with van der Waals surface area (Å²) in [5.74, 6) is 0.854. The second-order valence-electron chi connectivity index (χ2n) is 8.35. The predicted molar refractivity (Wildman–Crippen MR) is 126 cm³/mol. The van der Waals surface area contributed by atoms with Gasteiger partial charge in [-0.15, -0.1) is 0 Å². The number of ether oxygens (including phenoxy) is 2. The van der Waals surface area contributed by atoms with E-state index < -0.39 is 18.8 Å². The Kier molecular flexibility index (Phi) is 8.54. The number of carbonyl (C=O) groups is 2. The SMILES string of the molecule is COc1cccc(OC2=CC(=O)N([C@@H](CC(C)C)C(=O)Nc3ccn(C[C@@H](O)CO)n3)C2)c1Cl. The topological polar surface area (TPSA) is 126 Å². The molecule has 10 nitrogen and oxygen atoms in total. The van der Waals surface area contributed by atoms with E-state index in [1.165, 1.54) is 22.8 Å². The standard InChI is InChI=1S/C23H29ClN4O6/c1-14(2)9-17(23(32)25-20-7-8-27(26-20)11-15(30)13-29)28-12-16(10-21(28)31)34-19-6-4-5-18(33-3)22(19)24/h4-8,10,14-15,17,29-30H,9,11-13H2,1-3H3,(H,25,26,32)/t15-,17+/m1/s1. The van der Waals surface area contributed by atoms with Crippen molar-refractivity contribution in [2.45, 2.75) is 39.0 Å². The largest absolute Gasteiger partial charge is 0.495 e. The van der Waals surface area contributed by atoms with Crippen molar-refractivity contribution in [1.29, 1.82) is 0 Å². The first-order valence-electron chi connectivity index (χ1n) is 10.9. The van der Waals surface area contributed by atoms with Crippen molar-refractivity contribution in [2.75, 3.05) is 25.6 Å². The molecule has 0 saturated carbocycles. The average Bonchev–Trinajstić information content (AvgIpc) is 3.38. The van der Waals surface area contributed by atoms with E-state index in [-0.39, 0.29) is 41.7 Å². The summed E-state index contributed by atoms with van der Waals surface area (Å²) in [4.78, 5) is 27.4. The van der Waals surface area contributed by atoms with Gasteiger partial charge < -0.3 is 29.9 Å². The van der Waals surface area contributed by atoms with Gasteiger partial charge in [0.1, 0.15) is 28.3 Å². The number of nitrogens with one attached hydrogen (secondary N) is 1. The third kappa shape index (κ3) is 6.28. The number of nitrogens with zero attached hydrogens (tertiary/aromatic N) is 3. The molecule has 1 aromatic heterocycles. The smallest absolute Gasteiger partial charge is 0.251 e. The number of rotatable bonds is 11. The molecule has 2 amide bonds. The molecule has 11 heteroatoms. The van der Waals surface area contributed by atoms with Crippen LogP contribution in [-0.2, 0) is 16.1 Å². The van der Waals surface area contributed by atoms with Crippen molar-refractivity contribution >= 4 is 29.2 Å². The molecule has 1 aromatic carbocycles. The second-order valence-corrected chi connectivity index (χ2v) is 8.72. The minimum atomic E-state index is -0.957. The molecule has 2 heterocycles. The Morgan fingerprint density at radius 1 is 1.29 bits per heavy atom. The molecule has 0 spiro atoms. The number of anilines is 1. The molecule has 0 aliphatic carbocycles. The van der Waals surface area contributed by atoms with E-state index >= 15 is 0 Å². The van der Waals surface area contributed by atoms with Crippen LogP contribution in [0.15, 0.2) is 42.3 Å². The minimum absolute atomic E-state index is 0.0872. The molecule has 34 heavy (non-hydrogen) atoms. The third-order valence-corrected chi connectivity index (χ3v) is 5.53. The van der Waals surface area contributed by atoms with Gasteiger partial charge in [0.15, 0.2) is 5.82 Å². The summed E-state index contributed by atoms with van der Waals surface area (Å²) >= 11 is 6.30. The first-order chi connectivity index (χ1) is 16.2. The predicted octanol–water partition coefficient (Wildman–Crippen LogP) is 2.06.